The summed E-state index contributed by atoms with van der Waals surface area (Å²) in [5, 5.41) is 0. The lowest BCUT2D eigenvalue weighted by atomic mass is 10.2. The maximum Gasteiger partial charge on any atom is 0.323 e. The molecule has 1 heterocycles. The molecule has 0 saturated carbocycles. The quantitative estimate of drug-likeness (QED) is 0.594. The minimum Gasteiger partial charge on any atom is -0.468 e. The van der Waals surface area contributed by atoms with E-state index in [-0.39, 0.29) is 12.0 Å². The third-order valence-electron chi connectivity index (χ3n) is 2.35. The van der Waals surface area contributed by atoms with E-state index < -0.39 is 0 Å². The van der Waals surface area contributed by atoms with Crippen LogP contribution < -0.4 is 0 Å². The molecule has 1 unspecified atom stereocenters. The van der Waals surface area contributed by atoms with Crippen molar-refractivity contribution in [1.29, 1.82) is 0 Å². The van der Waals surface area contributed by atoms with Gasteiger partial charge in [0.1, 0.15) is 6.04 Å². The highest BCUT2D eigenvalue weighted by atomic mass is 16.5. The maximum absolute atomic E-state index is 11.3. The van der Waals surface area contributed by atoms with Crippen LogP contribution in [0.5, 0.6) is 0 Å². The molecule has 0 N–H and O–H groups in total. The van der Waals surface area contributed by atoms with Crippen molar-refractivity contribution in [2.75, 3.05) is 33.4 Å². The zero-order valence-corrected chi connectivity index (χ0v) is 8.28. The third-order valence-corrected chi connectivity index (χ3v) is 2.35. The van der Waals surface area contributed by atoms with Gasteiger partial charge >= 0.3 is 5.97 Å². The van der Waals surface area contributed by atoms with Crippen molar-refractivity contribution in [2.24, 2.45) is 0 Å². The number of hydrogen-bond acceptors (Lipinski definition) is 4. The van der Waals surface area contributed by atoms with E-state index in [1.165, 1.54) is 7.11 Å². The van der Waals surface area contributed by atoms with E-state index in [2.05, 4.69) is 4.90 Å². The van der Waals surface area contributed by atoms with Gasteiger partial charge in [-0.3, -0.25) is 9.69 Å². The molecule has 0 aliphatic carbocycles. The first-order valence-corrected chi connectivity index (χ1v) is 4.69. The molecule has 13 heavy (non-hydrogen) atoms. The number of carbonyl (C=O) groups excluding carboxylic acids is 1. The summed E-state index contributed by atoms with van der Waals surface area (Å²) >= 11 is 0. The molecule has 0 amide bonds. The van der Waals surface area contributed by atoms with Crippen LogP contribution in [0.25, 0.3) is 0 Å². The van der Waals surface area contributed by atoms with E-state index in [0.29, 0.717) is 13.2 Å². The van der Waals surface area contributed by atoms with Gasteiger partial charge in [0.25, 0.3) is 0 Å². The number of methoxy groups -OCH3 is 1. The van der Waals surface area contributed by atoms with Crippen LogP contribution in [-0.4, -0.2) is 50.3 Å². The second kappa shape index (κ2) is 5.19. The van der Waals surface area contributed by atoms with Gasteiger partial charge in [-0.05, 0) is 6.42 Å². The summed E-state index contributed by atoms with van der Waals surface area (Å²) in [5.41, 5.74) is 0. The van der Waals surface area contributed by atoms with Gasteiger partial charge in [0, 0.05) is 13.1 Å². The van der Waals surface area contributed by atoms with E-state index in [9.17, 15) is 4.79 Å². The Morgan fingerprint density at radius 2 is 2.15 bits per heavy atom. The lowest BCUT2D eigenvalue weighted by molar-refractivity contribution is -0.148. The van der Waals surface area contributed by atoms with Crippen LogP contribution in [0.4, 0.5) is 0 Å². The van der Waals surface area contributed by atoms with Gasteiger partial charge < -0.3 is 9.47 Å². The monoisotopic (exact) mass is 187 g/mol. The summed E-state index contributed by atoms with van der Waals surface area (Å²) < 4.78 is 9.95. The molecule has 1 saturated heterocycles. The predicted molar refractivity (Wildman–Crippen MR) is 48.5 cm³/mol. The number of hydrogen-bond donors (Lipinski definition) is 0. The molecule has 0 radical (unpaired) electrons. The third kappa shape index (κ3) is 2.67. The zero-order chi connectivity index (χ0) is 9.68. The predicted octanol–water partition coefficient (Wildman–Crippen LogP) is 0.270. The number of esters is 1. The Morgan fingerprint density at radius 3 is 2.62 bits per heavy atom. The van der Waals surface area contributed by atoms with Crippen LogP contribution in [0.15, 0.2) is 0 Å². The lowest BCUT2D eigenvalue weighted by Crippen LogP contribution is -2.47. The molecule has 76 valence electrons. The molecular formula is C9H17NO3. The van der Waals surface area contributed by atoms with E-state index in [4.69, 9.17) is 9.47 Å². The van der Waals surface area contributed by atoms with Crippen LogP contribution in [0.2, 0.25) is 0 Å². The fourth-order valence-electron chi connectivity index (χ4n) is 1.60. The highest BCUT2D eigenvalue weighted by Crippen LogP contribution is 2.08. The minimum atomic E-state index is -0.135. The van der Waals surface area contributed by atoms with Crippen molar-refractivity contribution in [3.05, 3.63) is 0 Å². The number of ether oxygens (including phenoxy) is 2. The van der Waals surface area contributed by atoms with Crippen molar-refractivity contribution in [2.45, 2.75) is 19.4 Å². The second-order valence-electron chi connectivity index (χ2n) is 3.10. The Balaban J connectivity index is 2.48. The van der Waals surface area contributed by atoms with Crippen molar-refractivity contribution >= 4 is 5.97 Å². The fraction of sp³-hybridized carbons (Fsp3) is 0.889. The minimum absolute atomic E-state index is 0.0890. The Labute approximate surface area is 78.8 Å². The number of nitrogens with zero attached hydrogens (tertiary/aromatic N) is 1. The number of rotatable bonds is 3. The summed E-state index contributed by atoms with van der Waals surface area (Å²) in [5.74, 6) is -0.135. The molecule has 1 aliphatic heterocycles. The van der Waals surface area contributed by atoms with Crippen LogP contribution >= 0.6 is 0 Å². The lowest BCUT2D eigenvalue weighted by Gasteiger charge is -2.31. The summed E-state index contributed by atoms with van der Waals surface area (Å²) in [6, 6.07) is -0.0890. The Hall–Kier alpha value is -0.610. The van der Waals surface area contributed by atoms with Gasteiger partial charge in [0.15, 0.2) is 0 Å². The molecule has 1 atom stereocenters. The summed E-state index contributed by atoms with van der Waals surface area (Å²) in [6.45, 7) is 5.08. The van der Waals surface area contributed by atoms with E-state index in [0.717, 1.165) is 19.5 Å². The Kier molecular flexibility index (Phi) is 4.18. The van der Waals surface area contributed by atoms with Gasteiger partial charge in [0.2, 0.25) is 0 Å². The molecule has 0 spiro atoms. The van der Waals surface area contributed by atoms with Crippen LogP contribution in [0.3, 0.4) is 0 Å². The highest BCUT2D eigenvalue weighted by Gasteiger charge is 2.26. The second-order valence-corrected chi connectivity index (χ2v) is 3.10. The van der Waals surface area contributed by atoms with Crippen LogP contribution in [0, 0.1) is 0 Å². The summed E-state index contributed by atoms with van der Waals surface area (Å²) in [7, 11) is 1.44. The molecule has 0 aromatic heterocycles. The molecular weight excluding hydrogens is 170 g/mol. The average molecular weight is 187 g/mol. The smallest absolute Gasteiger partial charge is 0.323 e. The Bertz CT molecular complexity index is 166. The van der Waals surface area contributed by atoms with Crippen molar-refractivity contribution in [1.82, 2.24) is 4.90 Å². The van der Waals surface area contributed by atoms with E-state index in [1.54, 1.807) is 0 Å². The molecule has 0 aromatic rings. The highest BCUT2D eigenvalue weighted by molar-refractivity contribution is 5.75. The standard InChI is InChI=1S/C9H17NO3/c1-3-8(9(11)12-2)10-4-6-13-7-5-10/h8H,3-7H2,1-2H3. The molecule has 1 rings (SSSR count). The van der Waals surface area contributed by atoms with Gasteiger partial charge in [0.05, 0.1) is 20.3 Å². The first-order chi connectivity index (χ1) is 6.29. The normalized spacial score (nSPS) is 21.1. The Morgan fingerprint density at radius 1 is 1.54 bits per heavy atom. The first-order valence-electron chi connectivity index (χ1n) is 4.69. The summed E-state index contributed by atoms with van der Waals surface area (Å²) in [4.78, 5) is 13.5. The topological polar surface area (TPSA) is 38.8 Å². The van der Waals surface area contributed by atoms with Gasteiger partial charge in [-0.15, -0.1) is 0 Å². The summed E-state index contributed by atoms with van der Waals surface area (Å²) in [6.07, 6.45) is 0.798. The maximum atomic E-state index is 11.3. The van der Waals surface area contributed by atoms with E-state index >= 15 is 0 Å². The average Bonchev–Trinajstić information content (AvgIpc) is 2.20. The zero-order valence-electron chi connectivity index (χ0n) is 8.28. The largest absolute Gasteiger partial charge is 0.468 e. The van der Waals surface area contributed by atoms with Crippen LogP contribution in [-0.2, 0) is 14.3 Å². The van der Waals surface area contributed by atoms with Crippen molar-refractivity contribution in [3.63, 3.8) is 0 Å². The molecule has 4 heteroatoms. The fourth-order valence-corrected chi connectivity index (χ4v) is 1.60. The number of carbonyl (C=O) groups is 1. The van der Waals surface area contributed by atoms with Gasteiger partial charge in [-0.2, -0.15) is 0 Å². The molecule has 0 bridgehead atoms. The van der Waals surface area contributed by atoms with Gasteiger partial charge in [-0.25, -0.2) is 0 Å². The van der Waals surface area contributed by atoms with Crippen molar-refractivity contribution in [3.8, 4) is 0 Å². The molecule has 4 nitrogen and oxygen atoms in total. The van der Waals surface area contributed by atoms with Crippen LogP contribution in [0.1, 0.15) is 13.3 Å². The van der Waals surface area contributed by atoms with Crippen molar-refractivity contribution < 1.29 is 14.3 Å². The molecule has 0 aromatic carbocycles. The number of morpholine rings is 1. The molecule has 1 fully saturated rings. The van der Waals surface area contributed by atoms with E-state index in [1.807, 2.05) is 6.92 Å². The first kappa shape index (κ1) is 10.5. The molecule has 1 aliphatic rings. The SMILES string of the molecule is CCC(C(=O)OC)N1CCOCC1. The van der Waals surface area contributed by atoms with Gasteiger partial charge in [-0.1, -0.05) is 6.92 Å².